The predicted octanol–water partition coefficient (Wildman–Crippen LogP) is 4.58. The molecule has 0 radical (unpaired) electrons. The molecule has 0 bridgehead atoms. The van der Waals surface area contributed by atoms with Gasteiger partial charge in [-0.05, 0) is 35.4 Å². The molecule has 1 aliphatic carbocycles. The van der Waals surface area contributed by atoms with Crippen molar-refractivity contribution in [2.45, 2.75) is 64.3 Å². The summed E-state index contributed by atoms with van der Waals surface area (Å²) in [6, 6.07) is 11.7. The van der Waals surface area contributed by atoms with E-state index in [1.54, 1.807) is 49.4 Å². The summed E-state index contributed by atoms with van der Waals surface area (Å²) >= 11 is 0. The molecule has 0 saturated heterocycles. The standard InChI is InChI=1S/C26H29NO5/c1-5-9-22(28)27-26(23(29)18-10-7-8-11-19(18)24(26)30)21-13-12-16(15(3)4)14-20(21)17(6-2)25(31)32/h7-8,10-15,17H,5-6,9H2,1-4H3,(H,27,28)(H,31,32). The lowest BCUT2D eigenvalue weighted by molar-refractivity contribution is -0.138. The van der Waals surface area contributed by atoms with Crippen molar-refractivity contribution in [2.75, 3.05) is 0 Å². The van der Waals surface area contributed by atoms with Crippen LogP contribution in [0.4, 0.5) is 0 Å². The van der Waals surface area contributed by atoms with E-state index in [-0.39, 0.29) is 35.4 Å². The Balaban J connectivity index is 2.34. The molecule has 6 heteroatoms. The van der Waals surface area contributed by atoms with Crippen LogP contribution >= 0.6 is 0 Å². The van der Waals surface area contributed by atoms with Gasteiger partial charge in [-0.3, -0.25) is 19.2 Å². The predicted molar refractivity (Wildman–Crippen MR) is 121 cm³/mol. The molecule has 168 valence electrons. The third-order valence-electron chi connectivity index (χ3n) is 6.13. The van der Waals surface area contributed by atoms with Gasteiger partial charge in [-0.25, -0.2) is 0 Å². The molecule has 6 nitrogen and oxygen atoms in total. The normalized spacial score (nSPS) is 15.5. The Morgan fingerprint density at radius 1 is 1.00 bits per heavy atom. The highest BCUT2D eigenvalue weighted by atomic mass is 16.4. The van der Waals surface area contributed by atoms with Crippen LogP contribution in [0.5, 0.6) is 0 Å². The van der Waals surface area contributed by atoms with Gasteiger partial charge in [0.15, 0.2) is 5.54 Å². The maximum atomic E-state index is 13.7. The lowest BCUT2D eigenvalue weighted by Gasteiger charge is -2.32. The van der Waals surface area contributed by atoms with Gasteiger partial charge in [0.1, 0.15) is 0 Å². The summed E-state index contributed by atoms with van der Waals surface area (Å²) in [4.78, 5) is 52.4. The van der Waals surface area contributed by atoms with Crippen molar-refractivity contribution in [3.8, 4) is 0 Å². The fourth-order valence-electron chi connectivity index (χ4n) is 4.41. The number of aliphatic carboxylic acids is 1. The number of amides is 1. The molecule has 1 atom stereocenters. The van der Waals surface area contributed by atoms with Crippen molar-refractivity contribution in [1.82, 2.24) is 5.32 Å². The zero-order chi connectivity index (χ0) is 23.6. The molecule has 0 heterocycles. The van der Waals surface area contributed by atoms with E-state index in [1.807, 2.05) is 20.8 Å². The van der Waals surface area contributed by atoms with Gasteiger partial charge in [0, 0.05) is 17.5 Å². The molecule has 2 N–H and O–H groups in total. The van der Waals surface area contributed by atoms with Gasteiger partial charge in [-0.2, -0.15) is 0 Å². The van der Waals surface area contributed by atoms with Crippen molar-refractivity contribution in [1.29, 1.82) is 0 Å². The second-order valence-electron chi connectivity index (χ2n) is 8.55. The summed E-state index contributed by atoms with van der Waals surface area (Å²) in [5.74, 6) is -3.33. The Labute approximate surface area is 188 Å². The lowest BCUT2D eigenvalue weighted by atomic mass is 9.76. The molecule has 0 fully saturated rings. The Hall–Kier alpha value is -3.28. The van der Waals surface area contributed by atoms with Crippen LogP contribution in [-0.4, -0.2) is 28.5 Å². The zero-order valence-electron chi connectivity index (χ0n) is 18.9. The Bertz CT molecular complexity index is 1050. The van der Waals surface area contributed by atoms with Crippen LogP contribution < -0.4 is 5.32 Å². The van der Waals surface area contributed by atoms with E-state index < -0.39 is 34.9 Å². The number of Topliss-reactive ketones (excluding diaryl/α,β-unsaturated/α-hetero) is 2. The average molecular weight is 436 g/mol. The van der Waals surface area contributed by atoms with E-state index in [4.69, 9.17) is 0 Å². The number of carbonyl (C=O) groups is 4. The highest BCUT2D eigenvalue weighted by Crippen LogP contribution is 2.42. The van der Waals surface area contributed by atoms with Gasteiger partial charge >= 0.3 is 5.97 Å². The number of hydrogen-bond acceptors (Lipinski definition) is 4. The van der Waals surface area contributed by atoms with E-state index in [0.717, 1.165) is 5.56 Å². The van der Waals surface area contributed by atoms with Gasteiger partial charge in [0.25, 0.3) is 0 Å². The smallest absolute Gasteiger partial charge is 0.310 e. The van der Waals surface area contributed by atoms with E-state index in [1.165, 1.54) is 0 Å². The zero-order valence-corrected chi connectivity index (χ0v) is 18.9. The largest absolute Gasteiger partial charge is 0.481 e. The summed E-state index contributed by atoms with van der Waals surface area (Å²) in [6.45, 7) is 7.56. The molecule has 2 aromatic carbocycles. The Morgan fingerprint density at radius 3 is 2.06 bits per heavy atom. The first kappa shape index (κ1) is 23.4. The summed E-state index contributed by atoms with van der Waals surface area (Å²) in [7, 11) is 0. The Morgan fingerprint density at radius 2 is 1.59 bits per heavy atom. The third kappa shape index (κ3) is 3.74. The number of carbonyl (C=O) groups excluding carboxylic acids is 3. The maximum absolute atomic E-state index is 13.7. The van der Waals surface area contributed by atoms with Crippen LogP contribution in [0, 0.1) is 0 Å². The molecular formula is C26H29NO5. The lowest BCUT2D eigenvalue weighted by Crippen LogP contribution is -2.54. The molecule has 0 aromatic heterocycles. The number of carboxylic acids is 1. The highest BCUT2D eigenvalue weighted by molar-refractivity contribution is 6.34. The minimum Gasteiger partial charge on any atom is -0.481 e. The van der Waals surface area contributed by atoms with Crippen LogP contribution in [0.1, 0.15) is 96.2 Å². The first-order chi connectivity index (χ1) is 15.2. The molecule has 0 spiro atoms. The molecular weight excluding hydrogens is 406 g/mol. The summed E-state index contributed by atoms with van der Waals surface area (Å²) in [6.07, 6.45) is 0.968. The van der Waals surface area contributed by atoms with Crippen molar-refractivity contribution in [3.05, 3.63) is 70.3 Å². The van der Waals surface area contributed by atoms with Crippen LogP contribution in [0.25, 0.3) is 0 Å². The van der Waals surface area contributed by atoms with Gasteiger partial charge in [-0.1, -0.05) is 70.2 Å². The van der Waals surface area contributed by atoms with Crippen LogP contribution in [0.15, 0.2) is 42.5 Å². The third-order valence-corrected chi connectivity index (χ3v) is 6.13. The highest BCUT2D eigenvalue weighted by Gasteiger charge is 2.56. The summed E-state index contributed by atoms with van der Waals surface area (Å²) in [5.41, 5.74) is 0.0234. The number of carboxylic acid groups (broad SMARTS) is 1. The van der Waals surface area contributed by atoms with Crippen LogP contribution in [-0.2, 0) is 15.1 Å². The fourth-order valence-corrected chi connectivity index (χ4v) is 4.41. The van der Waals surface area contributed by atoms with Gasteiger partial charge in [-0.15, -0.1) is 0 Å². The first-order valence-electron chi connectivity index (χ1n) is 11.1. The van der Waals surface area contributed by atoms with E-state index in [0.29, 0.717) is 12.0 Å². The van der Waals surface area contributed by atoms with E-state index in [9.17, 15) is 24.3 Å². The molecule has 3 rings (SSSR count). The van der Waals surface area contributed by atoms with Gasteiger partial charge < -0.3 is 10.4 Å². The van der Waals surface area contributed by atoms with Gasteiger partial charge in [0.2, 0.25) is 17.5 Å². The molecule has 1 aliphatic rings. The van der Waals surface area contributed by atoms with Crippen molar-refractivity contribution in [3.63, 3.8) is 0 Å². The molecule has 1 amide bonds. The minimum atomic E-state index is -1.97. The topological polar surface area (TPSA) is 101 Å². The maximum Gasteiger partial charge on any atom is 0.310 e. The van der Waals surface area contributed by atoms with Crippen LogP contribution in [0.3, 0.4) is 0 Å². The molecule has 32 heavy (non-hydrogen) atoms. The second-order valence-corrected chi connectivity index (χ2v) is 8.55. The number of hydrogen-bond donors (Lipinski definition) is 2. The number of nitrogens with one attached hydrogen (secondary N) is 1. The molecule has 1 unspecified atom stereocenters. The monoisotopic (exact) mass is 435 g/mol. The fraction of sp³-hybridized carbons (Fsp3) is 0.385. The van der Waals surface area contributed by atoms with Crippen LogP contribution in [0.2, 0.25) is 0 Å². The quantitative estimate of drug-likeness (QED) is 0.591. The average Bonchev–Trinajstić information content (AvgIpc) is 2.97. The summed E-state index contributed by atoms with van der Waals surface area (Å²) < 4.78 is 0. The number of ketones is 2. The van der Waals surface area contributed by atoms with Crippen molar-refractivity contribution in [2.24, 2.45) is 0 Å². The van der Waals surface area contributed by atoms with Crippen molar-refractivity contribution < 1.29 is 24.3 Å². The van der Waals surface area contributed by atoms with E-state index in [2.05, 4.69) is 5.32 Å². The number of rotatable bonds is 8. The second kappa shape index (κ2) is 9.07. The molecule has 0 saturated carbocycles. The summed E-state index contributed by atoms with van der Waals surface area (Å²) in [5, 5.41) is 12.7. The van der Waals surface area contributed by atoms with Crippen molar-refractivity contribution >= 4 is 23.4 Å². The first-order valence-corrected chi connectivity index (χ1v) is 11.1. The van der Waals surface area contributed by atoms with Gasteiger partial charge in [0.05, 0.1) is 5.92 Å². The number of benzene rings is 2. The molecule has 0 aliphatic heterocycles. The van der Waals surface area contributed by atoms with E-state index >= 15 is 0 Å². The SMILES string of the molecule is CCCC(=O)NC1(c2ccc(C(C)C)cc2C(CC)C(=O)O)C(=O)c2ccccc2C1=O. The molecule has 2 aromatic rings. The Kier molecular flexibility index (Phi) is 6.63. The minimum absolute atomic E-state index is 0.118. The number of fused-ring (bicyclic) bond motifs is 1.